The molecule has 0 aliphatic heterocycles. The van der Waals surface area contributed by atoms with Crippen LogP contribution in [0.3, 0.4) is 0 Å². The zero-order valence-electron chi connectivity index (χ0n) is 56.1. The predicted molar refractivity (Wildman–Crippen MR) is 370 cm³/mol. The number of carbonyl (C=O) groups excluding carboxylic acids is 3. The minimum Gasteiger partial charge on any atom is -0.545 e. The third kappa shape index (κ3) is 68.3. The number of carbonyl (C=O) groups is 3. The van der Waals surface area contributed by atoms with Crippen molar-refractivity contribution in [3.05, 3.63) is 158 Å². The molecule has 0 aliphatic rings. The molecule has 0 amide bonds. The van der Waals surface area contributed by atoms with Gasteiger partial charge in [0, 0.05) is 12.8 Å². The topological polar surface area (TPSA) is 111 Å². The van der Waals surface area contributed by atoms with Crippen molar-refractivity contribution in [3.63, 3.8) is 0 Å². The molecule has 2 unspecified atom stereocenters. The Labute approximate surface area is 534 Å². The molecule has 87 heavy (non-hydrogen) atoms. The Morgan fingerprint density at radius 1 is 0.345 bits per heavy atom. The van der Waals surface area contributed by atoms with E-state index in [0.717, 1.165) is 103 Å². The van der Waals surface area contributed by atoms with Crippen LogP contribution < -0.4 is 5.11 Å². The molecule has 9 heteroatoms. The fraction of sp³-hybridized carbons (Fsp3) is 0.628. The number of carboxylic acid groups (broad SMARTS) is 1. The van der Waals surface area contributed by atoms with Crippen LogP contribution >= 0.6 is 0 Å². The molecule has 9 nitrogen and oxygen atoms in total. The maximum atomic E-state index is 12.9. The number of allylic oxidation sites excluding steroid dienone is 26. The molecule has 0 spiro atoms. The van der Waals surface area contributed by atoms with E-state index in [0.29, 0.717) is 23.9 Å². The molecule has 0 saturated carbocycles. The summed E-state index contributed by atoms with van der Waals surface area (Å²) < 4.78 is 22.7. The number of nitrogens with zero attached hydrogens (tertiary/aromatic N) is 1. The van der Waals surface area contributed by atoms with Gasteiger partial charge in [0.25, 0.3) is 0 Å². The Bertz CT molecular complexity index is 1990. The summed E-state index contributed by atoms with van der Waals surface area (Å²) in [6.07, 6.45) is 96.3. The summed E-state index contributed by atoms with van der Waals surface area (Å²) in [6, 6.07) is 0. The number of hydrogen-bond acceptors (Lipinski definition) is 8. The Morgan fingerprint density at radius 3 is 0.954 bits per heavy atom. The summed E-state index contributed by atoms with van der Waals surface area (Å²) in [7, 11) is 5.90. The standard InChI is InChI=1S/C78H127NO8/c1-6-8-10-12-14-16-18-20-22-24-26-28-30-31-32-33-34-35-36-37-38-39-40-41-42-43-44-45-47-48-50-52-54-56-58-60-62-64-66-68-75(80)85-72-74(73-86-78(77(82)83)84-71-70-79(3,4)5)87-76(81)69-67-65-63-61-59-57-55-53-51-49-46-29-27-25-23-21-19-17-15-13-11-9-7-2/h8-11,14-17,20-23,26-29,31-32,34-35,49,51,55,57,61,63,74,78H,6-7,12-13,18-19,24-25,30,33,36-48,50,52-54,56,58-60,62,64-73H2,1-5H3/b10-8-,11-9-,16-14-,17-15-,22-20-,23-21-,28-26-,29-27-,32-31-,35-34-,51-49-,57-55-,63-61-. The number of unbranched alkanes of at least 4 members (excludes halogenated alkanes) is 21. The van der Waals surface area contributed by atoms with Crippen molar-refractivity contribution in [2.24, 2.45) is 0 Å². The van der Waals surface area contributed by atoms with Crippen molar-refractivity contribution in [1.82, 2.24) is 0 Å². The normalized spacial score (nSPS) is 13.7. The van der Waals surface area contributed by atoms with Gasteiger partial charge in [0.15, 0.2) is 12.4 Å². The van der Waals surface area contributed by atoms with Gasteiger partial charge in [0.2, 0.25) is 0 Å². The lowest BCUT2D eigenvalue weighted by Gasteiger charge is -2.26. The molecule has 492 valence electrons. The first-order chi connectivity index (χ1) is 42.6. The van der Waals surface area contributed by atoms with Gasteiger partial charge < -0.3 is 33.3 Å². The smallest absolute Gasteiger partial charge is 0.306 e. The molecule has 0 aromatic carbocycles. The van der Waals surface area contributed by atoms with Crippen molar-refractivity contribution in [2.75, 3.05) is 47.5 Å². The SMILES string of the molecule is CC/C=C\C/C=C\C/C=C\C/C=C\C/C=C\C/C=C\C/C=C\CCCC(=O)OC(COC(=O)CCCCCCCCCCCCCCCCCCCCCC/C=C\C/C=C\C/C=C\C/C=C\C/C=C\C/C=C\CC)COC(OCC[N+](C)(C)C)C(=O)[O-]. The highest BCUT2D eigenvalue weighted by molar-refractivity contribution is 5.70. The zero-order chi connectivity index (χ0) is 63.3. The van der Waals surface area contributed by atoms with E-state index >= 15 is 0 Å². The molecule has 0 bridgehead atoms. The molecule has 0 N–H and O–H groups in total. The molecule has 2 atom stereocenters. The summed E-state index contributed by atoms with van der Waals surface area (Å²) in [5.41, 5.74) is 0. The van der Waals surface area contributed by atoms with E-state index in [9.17, 15) is 19.5 Å². The number of ether oxygens (including phenoxy) is 4. The number of rotatable bonds is 62. The lowest BCUT2D eigenvalue weighted by atomic mass is 10.0. The second-order valence-corrected chi connectivity index (χ2v) is 23.7. The molecular formula is C78H127NO8. The summed E-state index contributed by atoms with van der Waals surface area (Å²) in [5, 5.41) is 11.8. The molecule has 0 fully saturated rings. The largest absolute Gasteiger partial charge is 0.545 e. The first-order valence-corrected chi connectivity index (χ1v) is 34.6. The van der Waals surface area contributed by atoms with Gasteiger partial charge in [-0.15, -0.1) is 0 Å². The fourth-order valence-electron chi connectivity index (χ4n) is 9.06. The van der Waals surface area contributed by atoms with Crippen LogP contribution in [0.4, 0.5) is 0 Å². The number of carboxylic acids is 1. The van der Waals surface area contributed by atoms with Gasteiger partial charge >= 0.3 is 11.9 Å². The highest BCUT2D eigenvalue weighted by atomic mass is 16.7. The van der Waals surface area contributed by atoms with E-state index in [1.54, 1.807) is 0 Å². The Kier molecular flexibility index (Phi) is 62.9. The van der Waals surface area contributed by atoms with E-state index in [1.807, 2.05) is 21.1 Å². The number of quaternary nitrogens is 1. The van der Waals surface area contributed by atoms with Crippen LogP contribution in [0.25, 0.3) is 0 Å². The second-order valence-electron chi connectivity index (χ2n) is 23.7. The van der Waals surface area contributed by atoms with Crippen LogP contribution in [0.2, 0.25) is 0 Å². The Morgan fingerprint density at radius 2 is 0.632 bits per heavy atom. The van der Waals surface area contributed by atoms with Crippen LogP contribution in [0, 0.1) is 0 Å². The minimum atomic E-state index is -1.65. The number of aliphatic carboxylic acids is 1. The van der Waals surface area contributed by atoms with Crippen molar-refractivity contribution < 1.29 is 42.9 Å². The minimum absolute atomic E-state index is 0.130. The monoisotopic (exact) mass is 1210 g/mol. The van der Waals surface area contributed by atoms with Crippen molar-refractivity contribution in [2.45, 2.75) is 270 Å². The summed E-state index contributed by atoms with van der Waals surface area (Å²) in [4.78, 5) is 37.4. The highest BCUT2D eigenvalue weighted by Crippen LogP contribution is 2.16. The maximum Gasteiger partial charge on any atom is 0.306 e. The first-order valence-electron chi connectivity index (χ1n) is 34.6. The summed E-state index contributed by atoms with van der Waals surface area (Å²) >= 11 is 0. The Hall–Kier alpha value is -5.09. The van der Waals surface area contributed by atoms with Gasteiger partial charge in [-0.3, -0.25) is 9.59 Å². The predicted octanol–water partition coefficient (Wildman–Crippen LogP) is 20.4. The van der Waals surface area contributed by atoms with E-state index in [1.165, 1.54) is 116 Å². The third-order valence-electron chi connectivity index (χ3n) is 14.3. The number of likely N-dealkylation sites (N-methyl/N-ethyl adjacent to an activating group) is 1. The van der Waals surface area contributed by atoms with Crippen LogP contribution in [0.15, 0.2) is 158 Å². The average Bonchev–Trinajstić information content (AvgIpc) is 3.50. The molecule has 0 saturated heterocycles. The maximum absolute atomic E-state index is 12.9. The van der Waals surface area contributed by atoms with Crippen LogP contribution in [0.1, 0.15) is 258 Å². The molecule has 0 radical (unpaired) electrons. The van der Waals surface area contributed by atoms with Gasteiger partial charge in [-0.25, -0.2) is 0 Å². The van der Waals surface area contributed by atoms with E-state index in [2.05, 4.69) is 172 Å². The molecule has 0 heterocycles. The zero-order valence-corrected chi connectivity index (χ0v) is 56.1. The third-order valence-corrected chi connectivity index (χ3v) is 14.3. The quantitative estimate of drug-likeness (QED) is 0.0195. The Balaban J connectivity index is 4.13. The van der Waals surface area contributed by atoms with E-state index in [4.69, 9.17) is 18.9 Å². The lowest BCUT2D eigenvalue weighted by molar-refractivity contribution is -0.870. The molecule has 0 rings (SSSR count). The molecule has 0 aromatic heterocycles. The van der Waals surface area contributed by atoms with Crippen molar-refractivity contribution >= 4 is 17.9 Å². The number of hydrogen-bond donors (Lipinski definition) is 0. The summed E-state index contributed by atoms with van der Waals surface area (Å²) in [6.45, 7) is 4.45. The first kappa shape index (κ1) is 81.9. The molecule has 0 aliphatic carbocycles. The van der Waals surface area contributed by atoms with Gasteiger partial charge in [0.1, 0.15) is 13.2 Å². The summed E-state index contributed by atoms with van der Waals surface area (Å²) in [5.74, 6) is -2.37. The lowest BCUT2D eigenvalue weighted by Crippen LogP contribution is -2.44. The van der Waals surface area contributed by atoms with Gasteiger partial charge in [0.05, 0.1) is 40.3 Å². The fourth-order valence-corrected chi connectivity index (χ4v) is 9.06. The van der Waals surface area contributed by atoms with Gasteiger partial charge in [-0.2, -0.15) is 0 Å². The average molecular weight is 1210 g/mol. The van der Waals surface area contributed by atoms with Crippen LogP contribution in [0.5, 0.6) is 0 Å². The van der Waals surface area contributed by atoms with Gasteiger partial charge in [-0.1, -0.05) is 287 Å². The number of esters is 2. The van der Waals surface area contributed by atoms with Gasteiger partial charge in [-0.05, 0) is 116 Å². The van der Waals surface area contributed by atoms with Crippen LogP contribution in [-0.2, 0) is 33.3 Å². The van der Waals surface area contributed by atoms with E-state index in [-0.39, 0.29) is 38.6 Å². The van der Waals surface area contributed by atoms with Crippen molar-refractivity contribution in [1.29, 1.82) is 0 Å². The second kappa shape index (κ2) is 66.9. The molecule has 0 aromatic rings. The molecular weight excluding hydrogens is 1080 g/mol. The van der Waals surface area contributed by atoms with Crippen LogP contribution in [-0.4, -0.2) is 82.3 Å². The van der Waals surface area contributed by atoms with E-state index < -0.39 is 24.3 Å². The highest BCUT2D eigenvalue weighted by Gasteiger charge is 2.22. The van der Waals surface area contributed by atoms with Crippen molar-refractivity contribution in [3.8, 4) is 0 Å².